The van der Waals surface area contributed by atoms with Gasteiger partial charge < -0.3 is 11.1 Å². The average Bonchev–Trinajstić information content (AvgIpc) is 3.22. The van der Waals surface area contributed by atoms with Gasteiger partial charge in [-0.2, -0.15) is 10.5 Å². The Bertz CT molecular complexity index is 940. The van der Waals surface area contributed by atoms with Gasteiger partial charge in [-0.15, -0.1) is 11.3 Å². The molecule has 0 saturated heterocycles. The van der Waals surface area contributed by atoms with Crippen LogP contribution in [0.2, 0.25) is 0 Å². The van der Waals surface area contributed by atoms with Gasteiger partial charge in [-0.25, -0.2) is 0 Å². The van der Waals surface area contributed by atoms with Crippen LogP contribution in [-0.4, -0.2) is 0 Å². The van der Waals surface area contributed by atoms with Gasteiger partial charge in [0.05, 0.1) is 40.6 Å². The van der Waals surface area contributed by atoms with E-state index in [0.29, 0.717) is 22.8 Å². The minimum absolute atomic E-state index is 0.373. The van der Waals surface area contributed by atoms with E-state index in [2.05, 4.69) is 17.5 Å². The molecule has 2 aromatic rings. The van der Waals surface area contributed by atoms with Crippen molar-refractivity contribution < 1.29 is 0 Å². The molecule has 6 heteroatoms. The minimum Gasteiger partial charge on any atom is -0.384 e. The zero-order chi connectivity index (χ0) is 16.0. The van der Waals surface area contributed by atoms with Gasteiger partial charge in [0.15, 0.2) is 0 Å². The van der Waals surface area contributed by atoms with E-state index < -0.39 is 5.92 Å². The first-order valence-electron chi connectivity index (χ1n) is 7.00. The van der Waals surface area contributed by atoms with Crippen LogP contribution < -0.4 is 16.0 Å². The summed E-state index contributed by atoms with van der Waals surface area (Å²) in [5.41, 5.74) is 8.95. The number of nitrogens with zero attached hydrogens (tertiary/aromatic N) is 3. The maximum absolute atomic E-state index is 9.74. The van der Waals surface area contributed by atoms with Gasteiger partial charge in [0.1, 0.15) is 11.6 Å². The van der Waals surface area contributed by atoms with E-state index in [1.807, 2.05) is 41.8 Å². The lowest BCUT2D eigenvalue weighted by Crippen LogP contribution is -2.34. The third kappa shape index (κ3) is 1.76. The normalized spacial score (nSPS) is 18.9. The van der Waals surface area contributed by atoms with Gasteiger partial charge in [-0.05, 0) is 23.6 Å². The fraction of sp³-hybridized carbons (Fsp3) is 0.0588. The Morgan fingerprint density at radius 1 is 1.09 bits per heavy atom. The summed E-state index contributed by atoms with van der Waals surface area (Å²) in [6.45, 7) is 0. The van der Waals surface area contributed by atoms with Crippen LogP contribution in [0.1, 0.15) is 10.8 Å². The van der Waals surface area contributed by atoms with Gasteiger partial charge in [0, 0.05) is 4.88 Å². The third-order valence-corrected chi connectivity index (χ3v) is 4.98. The second-order valence-corrected chi connectivity index (χ2v) is 6.19. The Morgan fingerprint density at radius 2 is 1.87 bits per heavy atom. The molecule has 0 radical (unpaired) electrons. The second-order valence-electron chi connectivity index (χ2n) is 5.21. The van der Waals surface area contributed by atoms with Crippen LogP contribution in [0.25, 0.3) is 0 Å². The van der Waals surface area contributed by atoms with Crippen LogP contribution >= 0.6 is 11.3 Å². The van der Waals surface area contributed by atoms with E-state index in [9.17, 15) is 10.5 Å². The number of allylic oxidation sites excluding steroid dienone is 2. The molecule has 4 rings (SSSR count). The summed E-state index contributed by atoms with van der Waals surface area (Å²) < 4.78 is 0. The van der Waals surface area contributed by atoms with Gasteiger partial charge in [-0.1, -0.05) is 18.2 Å². The van der Waals surface area contributed by atoms with Gasteiger partial charge >= 0.3 is 0 Å². The topological polar surface area (TPSA) is 88.9 Å². The third-order valence-electron chi connectivity index (χ3n) is 4.04. The molecular weight excluding hydrogens is 306 g/mol. The fourth-order valence-corrected chi connectivity index (χ4v) is 3.89. The lowest BCUT2D eigenvalue weighted by Gasteiger charge is -2.30. The molecule has 0 spiro atoms. The Kier molecular flexibility index (Phi) is 2.87. The number of rotatable bonds is 1. The highest BCUT2D eigenvalue weighted by molar-refractivity contribution is 7.10. The second kappa shape index (κ2) is 4.91. The summed E-state index contributed by atoms with van der Waals surface area (Å²) in [6, 6.07) is 16.0. The molecule has 1 atom stereocenters. The summed E-state index contributed by atoms with van der Waals surface area (Å²) in [4.78, 5) is 2.70. The van der Waals surface area contributed by atoms with Crippen LogP contribution in [0.3, 0.4) is 0 Å². The SMILES string of the molecule is N#CC1=C(N)N2C(=C(C#N)[C@H]1c1cccs1)Nc1ccccc12. The van der Waals surface area contributed by atoms with Gasteiger partial charge in [-0.3, -0.25) is 4.90 Å². The number of nitrogens with two attached hydrogens (primary N) is 1. The van der Waals surface area contributed by atoms with Crippen molar-refractivity contribution in [3.8, 4) is 12.1 Å². The first-order chi connectivity index (χ1) is 11.3. The number of hydrogen-bond acceptors (Lipinski definition) is 6. The number of nitrogens with one attached hydrogen (secondary N) is 1. The highest BCUT2D eigenvalue weighted by Gasteiger charge is 2.40. The van der Waals surface area contributed by atoms with Crippen molar-refractivity contribution in [3.63, 3.8) is 0 Å². The predicted octanol–water partition coefficient (Wildman–Crippen LogP) is 3.21. The Balaban J connectivity index is 1.99. The van der Waals surface area contributed by atoms with Crippen molar-refractivity contribution in [3.05, 3.63) is 69.4 Å². The molecule has 2 aliphatic heterocycles. The fourth-order valence-electron chi connectivity index (χ4n) is 3.05. The monoisotopic (exact) mass is 317 g/mol. The van der Waals surface area contributed by atoms with Crippen LogP contribution in [0.4, 0.5) is 11.4 Å². The average molecular weight is 317 g/mol. The maximum atomic E-state index is 9.74. The molecule has 23 heavy (non-hydrogen) atoms. The Labute approximate surface area is 137 Å². The largest absolute Gasteiger partial charge is 0.384 e. The van der Waals surface area contributed by atoms with Crippen molar-refractivity contribution in [2.75, 3.05) is 10.2 Å². The number of thiophene rings is 1. The molecule has 1 aromatic carbocycles. The Hall–Kier alpha value is -3.22. The van der Waals surface area contributed by atoms with E-state index in [0.717, 1.165) is 16.3 Å². The number of hydrogen-bond donors (Lipinski definition) is 2. The van der Waals surface area contributed by atoms with Crippen LogP contribution in [0.5, 0.6) is 0 Å². The lowest BCUT2D eigenvalue weighted by atomic mass is 9.87. The highest BCUT2D eigenvalue weighted by atomic mass is 32.1. The highest BCUT2D eigenvalue weighted by Crippen LogP contribution is 2.48. The van der Waals surface area contributed by atoms with E-state index in [1.54, 1.807) is 4.90 Å². The zero-order valence-electron chi connectivity index (χ0n) is 11.9. The summed E-state index contributed by atoms with van der Waals surface area (Å²) in [5.74, 6) is 0.596. The summed E-state index contributed by atoms with van der Waals surface area (Å²) >= 11 is 1.52. The van der Waals surface area contributed by atoms with E-state index in [1.165, 1.54) is 11.3 Å². The van der Waals surface area contributed by atoms with Crippen molar-refractivity contribution in [2.24, 2.45) is 5.73 Å². The molecule has 0 fully saturated rings. The molecule has 3 heterocycles. The van der Waals surface area contributed by atoms with E-state index >= 15 is 0 Å². The summed E-state index contributed by atoms with van der Waals surface area (Å²) in [7, 11) is 0. The number of para-hydroxylation sites is 2. The quantitative estimate of drug-likeness (QED) is 0.843. The Morgan fingerprint density at radius 3 is 2.57 bits per heavy atom. The molecule has 3 N–H and O–H groups in total. The molecular formula is C17H11N5S. The molecule has 0 unspecified atom stereocenters. The van der Waals surface area contributed by atoms with Gasteiger partial charge in [0.25, 0.3) is 0 Å². The standard InChI is InChI=1S/C17H11N5S/c18-8-10-15(14-6-3-7-23-14)11(9-19)17-21-12-4-1-2-5-13(12)22(17)16(10)20/h1-7,15,21H,20H2/t15-/m0/s1. The molecule has 1 aromatic heterocycles. The molecule has 0 amide bonds. The number of fused-ring (bicyclic) bond motifs is 3. The summed E-state index contributed by atoms with van der Waals surface area (Å²) in [5, 5.41) is 24.6. The molecule has 0 bridgehead atoms. The predicted molar refractivity (Wildman–Crippen MR) is 89.1 cm³/mol. The molecule has 5 nitrogen and oxygen atoms in total. The minimum atomic E-state index is -0.418. The van der Waals surface area contributed by atoms with Crippen LogP contribution in [0.15, 0.2) is 64.6 Å². The molecule has 2 aliphatic rings. The van der Waals surface area contributed by atoms with Crippen molar-refractivity contribution in [1.29, 1.82) is 10.5 Å². The first-order valence-corrected chi connectivity index (χ1v) is 7.87. The van der Waals surface area contributed by atoms with Crippen LogP contribution in [0, 0.1) is 22.7 Å². The number of anilines is 2. The maximum Gasteiger partial charge on any atom is 0.131 e. The van der Waals surface area contributed by atoms with Gasteiger partial charge in [0.2, 0.25) is 0 Å². The molecule has 0 aliphatic carbocycles. The molecule has 110 valence electrons. The van der Waals surface area contributed by atoms with Crippen molar-refractivity contribution >= 4 is 22.7 Å². The first kappa shape index (κ1) is 13.4. The van der Waals surface area contributed by atoms with E-state index in [-0.39, 0.29) is 0 Å². The van der Waals surface area contributed by atoms with Crippen molar-refractivity contribution in [2.45, 2.75) is 5.92 Å². The zero-order valence-corrected chi connectivity index (χ0v) is 12.8. The van der Waals surface area contributed by atoms with E-state index in [4.69, 9.17) is 5.73 Å². The number of nitriles is 2. The molecule has 0 saturated carbocycles. The summed E-state index contributed by atoms with van der Waals surface area (Å²) in [6.07, 6.45) is 0. The number of benzene rings is 1. The lowest BCUT2D eigenvalue weighted by molar-refractivity contribution is 0.881. The van der Waals surface area contributed by atoms with Crippen LogP contribution in [-0.2, 0) is 0 Å². The smallest absolute Gasteiger partial charge is 0.131 e. The van der Waals surface area contributed by atoms with Crippen molar-refractivity contribution in [1.82, 2.24) is 0 Å².